The van der Waals surface area contributed by atoms with Gasteiger partial charge >= 0.3 is 0 Å². The van der Waals surface area contributed by atoms with Gasteiger partial charge in [-0.05, 0) is 17.5 Å². The summed E-state index contributed by atoms with van der Waals surface area (Å²) in [5.74, 6) is -0.408. The summed E-state index contributed by atoms with van der Waals surface area (Å²) in [5.41, 5.74) is 0.850. The molecule has 0 aliphatic carbocycles. The van der Waals surface area contributed by atoms with Crippen LogP contribution >= 0.6 is 11.6 Å². The summed E-state index contributed by atoms with van der Waals surface area (Å²) in [4.78, 5) is 27.0. The molecule has 104 valence electrons. The van der Waals surface area contributed by atoms with Crippen molar-refractivity contribution in [1.82, 2.24) is 15.6 Å². The van der Waals surface area contributed by atoms with E-state index in [9.17, 15) is 9.59 Å². The van der Waals surface area contributed by atoms with Crippen LogP contribution in [0.4, 0.5) is 0 Å². The van der Waals surface area contributed by atoms with E-state index in [0.29, 0.717) is 11.7 Å². The minimum atomic E-state index is -0.530. The van der Waals surface area contributed by atoms with Gasteiger partial charge in [0, 0.05) is 19.7 Å². The average molecular weight is 284 g/mol. The van der Waals surface area contributed by atoms with Gasteiger partial charge in [0.1, 0.15) is 11.2 Å². The molecule has 0 saturated heterocycles. The van der Waals surface area contributed by atoms with Gasteiger partial charge in [-0.25, -0.2) is 4.98 Å². The number of nitrogens with one attached hydrogen (secondary N) is 2. The minimum absolute atomic E-state index is 0.0206. The van der Waals surface area contributed by atoms with Crippen LogP contribution in [-0.4, -0.2) is 22.8 Å². The molecular formula is C13H18ClN3O2. The second-order valence-corrected chi connectivity index (χ2v) is 5.02. The summed E-state index contributed by atoms with van der Waals surface area (Å²) < 4.78 is 0. The van der Waals surface area contributed by atoms with Gasteiger partial charge in [-0.2, -0.15) is 0 Å². The summed E-state index contributed by atoms with van der Waals surface area (Å²) in [6.45, 7) is 5.51. The highest BCUT2D eigenvalue weighted by molar-refractivity contribution is 6.29. The third kappa shape index (κ3) is 5.26. The van der Waals surface area contributed by atoms with Crippen molar-refractivity contribution in [2.45, 2.75) is 33.4 Å². The van der Waals surface area contributed by atoms with Crippen LogP contribution in [0.1, 0.15) is 26.3 Å². The van der Waals surface area contributed by atoms with Gasteiger partial charge in [0.2, 0.25) is 11.8 Å². The highest BCUT2D eigenvalue weighted by atomic mass is 35.5. The Morgan fingerprint density at radius 2 is 2.05 bits per heavy atom. The van der Waals surface area contributed by atoms with Crippen LogP contribution in [0, 0.1) is 5.92 Å². The monoisotopic (exact) mass is 283 g/mol. The zero-order valence-electron chi connectivity index (χ0n) is 11.2. The number of carbonyl (C=O) groups is 2. The molecule has 0 saturated carbocycles. The van der Waals surface area contributed by atoms with Crippen molar-refractivity contribution in [2.75, 3.05) is 0 Å². The first-order valence-electron chi connectivity index (χ1n) is 6.05. The van der Waals surface area contributed by atoms with Crippen LogP contribution < -0.4 is 10.6 Å². The van der Waals surface area contributed by atoms with Crippen molar-refractivity contribution in [3.05, 3.63) is 29.0 Å². The highest BCUT2D eigenvalue weighted by Gasteiger charge is 2.22. The molecule has 2 N–H and O–H groups in total. The van der Waals surface area contributed by atoms with Crippen molar-refractivity contribution in [3.8, 4) is 0 Å². The molecule has 6 heteroatoms. The van der Waals surface area contributed by atoms with Crippen LogP contribution in [0.3, 0.4) is 0 Å². The minimum Gasteiger partial charge on any atom is -0.350 e. The third-order valence-corrected chi connectivity index (χ3v) is 2.79. The fourth-order valence-corrected chi connectivity index (χ4v) is 1.68. The first-order valence-corrected chi connectivity index (χ1v) is 6.43. The number of hydrogen-bond donors (Lipinski definition) is 2. The Labute approximate surface area is 117 Å². The number of halogens is 1. The zero-order chi connectivity index (χ0) is 14.4. The van der Waals surface area contributed by atoms with E-state index >= 15 is 0 Å². The molecule has 2 amide bonds. The lowest BCUT2D eigenvalue weighted by molar-refractivity contribution is -0.129. The van der Waals surface area contributed by atoms with E-state index in [1.54, 1.807) is 18.3 Å². The van der Waals surface area contributed by atoms with Crippen LogP contribution in [0.2, 0.25) is 5.15 Å². The summed E-state index contributed by atoms with van der Waals surface area (Å²) in [6, 6.07) is 2.92. The SMILES string of the molecule is CC(=O)NC(C(=O)NCc1ccc(Cl)nc1)C(C)C. The fraction of sp³-hybridized carbons (Fsp3) is 0.462. The van der Waals surface area contributed by atoms with Crippen molar-refractivity contribution in [1.29, 1.82) is 0 Å². The lowest BCUT2D eigenvalue weighted by Gasteiger charge is -2.20. The van der Waals surface area contributed by atoms with E-state index in [1.165, 1.54) is 6.92 Å². The number of aromatic nitrogens is 1. The Balaban J connectivity index is 2.57. The number of hydrogen-bond acceptors (Lipinski definition) is 3. The van der Waals surface area contributed by atoms with E-state index in [4.69, 9.17) is 11.6 Å². The number of rotatable bonds is 5. The Bertz CT molecular complexity index is 446. The quantitative estimate of drug-likeness (QED) is 0.805. The second-order valence-electron chi connectivity index (χ2n) is 4.63. The predicted octanol–water partition coefficient (Wildman–Crippen LogP) is 1.51. The number of nitrogens with zero attached hydrogens (tertiary/aromatic N) is 1. The van der Waals surface area contributed by atoms with Crippen molar-refractivity contribution < 1.29 is 9.59 Å². The number of pyridine rings is 1. The molecule has 0 fully saturated rings. The smallest absolute Gasteiger partial charge is 0.243 e. The zero-order valence-corrected chi connectivity index (χ0v) is 12.0. The van der Waals surface area contributed by atoms with Crippen LogP contribution in [0.25, 0.3) is 0 Å². The first-order chi connectivity index (χ1) is 8.90. The van der Waals surface area contributed by atoms with Crippen LogP contribution in [0.5, 0.6) is 0 Å². The molecule has 0 aromatic carbocycles. The maximum Gasteiger partial charge on any atom is 0.243 e. The Hall–Kier alpha value is -1.62. The molecule has 1 rings (SSSR count). The third-order valence-electron chi connectivity index (χ3n) is 2.56. The molecule has 0 spiro atoms. The molecule has 0 radical (unpaired) electrons. The standard InChI is InChI=1S/C13H18ClN3O2/c1-8(2)12(17-9(3)18)13(19)16-7-10-4-5-11(14)15-6-10/h4-6,8,12H,7H2,1-3H3,(H,16,19)(H,17,18). The number of carbonyl (C=O) groups excluding carboxylic acids is 2. The van der Waals surface area contributed by atoms with Gasteiger partial charge in [0.15, 0.2) is 0 Å². The molecule has 1 aromatic rings. The fourth-order valence-electron chi connectivity index (χ4n) is 1.56. The maximum atomic E-state index is 12.0. The molecule has 1 heterocycles. The van der Waals surface area contributed by atoms with Crippen molar-refractivity contribution >= 4 is 23.4 Å². The molecule has 0 aliphatic heterocycles. The Kier molecular flexibility index (Phi) is 5.76. The van der Waals surface area contributed by atoms with E-state index in [-0.39, 0.29) is 17.7 Å². The van der Waals surface area contributed by atoms with Gasteiger partial charge in [-0.1, -0.05) is 31.5 Å². The van der Waals surface area contributed by atoms with Crippen LogP contribution in [-0.2, 0) is 16.1 Å². The van der Waals surface area contributed by atoms with Crippen LogP contribution in [0.15, 0.2) is 18.3 Å². The molecule has 0 aliphatic rings. The summed E-state index contributed by atoms with van der Waals surface area (Å²) in [6.07, 6.45) is 1.60. The van der Waals surface area contributed by atoms with E-state index < -0.39 is 6.04 Å². The molecule has 1 atom stereocenters. The normalized spacial score (nSPS) is 12.1. The lowest BCUT2D eigenvalue weighted by Crippen LogP contribution is -2.48. The highest BCUT2D eigenvalue weighted by Crippen LogP contribution is 2.06. The van der Waals surface area contributed by atoms with E-state index in [0.717, 1.165) is 5.56 Å². The summed E-state index contributed by atoms with van der Waals surface area (Å²) in [7, 11) is 0. The predicted molar refractivity (Wildman–Crippen MR) is 73.5 cm³/mol. The molecule has 5 nitrogen and oxygen atoms in total. The topological polar surface area (TPSA) is 71.1 Å². The van der Waals surface area contributed by atoms with E-state index in [1.807, 2.05) is 13.8 Å². The van der Waals surface area contributed by atoms with E-state index in [2.05, 4.69) is 15.6 Å². The Morgan fingerprint density at radius 1 is 1.37 bits per heavy atom. The van der Waals surface area contributed by atoms with Gasteiger partial charge in [-0.3, -0.25) is 9.59 Å². The lowest BCUT2D eigenvalue weighted by atomic mass is 10.0. The summed E-state index contributed by atoms with van der Waals surface area (Å²) in [5, 5.41) is 5.82. The summed E-state index contributed by atoms with van der Waals surface area (Å²) >= 11 is 5.68. The molecule has 1 unspecified atom stereocenters. The van der Waals surface area contributed by atoms with Crippen molar-refractivity contribution in [2.24, 2.45) is 5.92 Å². The van der Waals surface area contributed by atoms with Gasteiger partial charge < -0.3 is 10.6 Å². The van der Waals surface area contributed by atoms with Gasteiger partial charge in [0.05, 0.1) is 0 Å². The maximum absolute atomic E-state index is 12.0. The van der Waals surface area contributed by atoms with Crippen molar-refractivity contribution in [3.63, 3.8) is 0 Å². The first kappa shape index (κ1) is 15.4. The average Bonchev–Trinajstić information content (AvgIpc) is 2.34. The number of amides is 2. The largest absolute Gasteiger partial charge is 0.350 e. The molecular weight excluding hydrogens is 266 g/mol. The molecule has 0 bridgehead atoms. The Morgan fingerprint density at radius 3 is 2.53 bits per heavy atom. The second kappa shape index (κ2) is 7.09. The molecule has 19 heavy (non-hydrogen) atoms. The van der Waals surface area contributed by atoms with Gasteiger partial charge in [-0.15, -0.1) is 0 Å². The molecule has 1 aromatic heterocycles. The van der Waals surface area contributed by atoms with Gasteiger partial charge in [0.25, 0.3) is 0 Å².